The number of nitrogens with zero attached hydrogens (tertiary/aromatic N) is 3. The Morgan fingerprint density at radius 3 is 3.06 bits per heavy atom. The number of pyridine rings is 1. The molecule has 0 fully saturated rings. The van der Waals surface area contributed by atoms with Gasteiger partial charge in [0, 0.05) is 24.0 Å². The van der Waals surface area contributed by atoms with E-state index < -0.39 is 0 Å². The van der Waals surface area contributed by atoms with E-state index >= 15 is 0 Å². The number of fused-ring (bicyclic) bond motifs is 1. The number of nitro groups is 1. The van der Waals surface area contributed by atoms with Crippen molar-refractivity contribution in [1.29, 1.82) is 0 Å². The molecule has 2 aromatic heterocycles. The number of unbranched alkanes of at least 4 members (excludes halogenated alkanes) is 1. The van der Waals surface area contributed by atoms with Crippen LogP contribution >= 0.6 is 0 Å². The van der Waals surface area contributed by atoms with E-state index in [9.17, 15) is 10.1 Å². The quantitative estimate of drug-likeness (QED) is 0.586. The Morgan fingerprint density at radius 1 is 1.56 bits per heavy atom. The lowest BCUT2D eigenvalue weighted by Gasteiger charge is -2.03. The van der Waals surface area contributed by atoms with Gasteiger partial charge < -0.3 is 0 Å². The Morgan fingerprint density at radius 2 is 2.38 bits per heavy atom. The fourth-order valence-electron chi connectivity index (χ4n) is 1.74. The number of hydrogen-bond donors (Lipinski definition) is 0. The number of hydrogen-bond acceptors (Lipinski definition) is 3. The SMILES string of the molecule is CCCCc1cc([N+](=O)[O-])cn2ccnc12. The van der Waals surface area contributed by atoms with E-state index in [1.165, 1.54) is 6.20 Å². The second-order valence-electron chi connectivity index (χ2n) is 3.74. The molecule has 0 saturated heterocycles. The summed E-state index contributed by atoms with van der Waals surface area (Å²) >= 11 is 0. The first-order valence-electron chi connectivity index (χ1n) is 5.32. The first-order chi connectivity index (χ1) is 7.72. The molecule has 5 heteroatoms. The Bertz CT molecular complexity index is 519. The van der Waals surface area contributed by atoms with Crippen molar-refractivity contribution in [3.63, 3.8) is 0 Å². The van der Waals surface area contributed by atoms with Gasteiger partial charge in [-0.05, 0) is 12.8 Å². The van der Waals surface area contributed by atoms with Gasteiger partial charge in [-0.2, -0.15) is 0 Å². The van der Waals surface area contributed by atoms with Gasteiger partial charge in [-0.3, -0.25) is 14.5 Å². The molecular weight excluding hydrogens is 206 g/mol. The van der Waals surface area contributed by atoms with E-state index in [2.05, 4.69) is 11.9 Å². The lowest BCUT2D eigenvalue weighted by Crippen LogP contribution is -1.97. The highest BCUT2D eigenvalue weighted by Crippen LogP contribution is 2.19. The second kappa shape index (κ2) is 4.30. The maximum absolute atomic E-state index is 10.8. The summed E-state index contributed by atoms with van der Waals surface area (Å²) < 4.78 is 1.71. The van der Waals surface area contributed by atoms with E-state index in [-0.39, 0.29) is 10.6 Å². The molecule has 0 aliphatic carbocycles. The Hall–Kier alpha value is -1.91. The maximum atomic E-state index is 10.8. The summed E-state index contributed by atoms with van der Waals surface area (Å²) in [4.78, 5) is 14.6. The van der Waals surface area contributed by atoms with Crippen LogP contribution in [0, 0.1) is 10.1 Å². The van der Waals surface area contributed by atoms with Crippen molar-refractivity contribution >= 4 is 11.3 Å². The van der Waals surface area contributed by atoms with Crippen molar-refractivity contribution in [3.05, 3.63) is 40.3 Å². The zero-order chi connectivity index (χ0) is 11.5. The fourth-order valence-corrected chi connectivity index (χ4v) is 1.74. The van der Waals surface area contributed by atoms with Gasteiger partial charge >= 0.3 is 0 Å². The third-order valence-electron chi connectivity index (χ3n) is 2.56. The van der Waals surface area contributed by atoms with E-state index in [4.69, 9.17) is 0 Å². The van der Waals surface area contributed by atoms with Crippen LogP contribution in [0.5, 0.6) is 0 Å². The van der Waals surface area contributed by atoms with Crippen LogP contribution in [0.15, 0.2) is 24.7 Å². The minimum Gasteiger partial charge on any atom is -0.300 e. The molecule has 0 N–H and O–H groups in total. The molecule has 2 aromatic rings. The van der Waals surface area contributed by atoms with Crippen LogP contribution in [0.25, 0.3) is 5.65 Å². The molecule has 0 aromatic carbocycles. The summed E-state index contributed by atoms with van der Waals surface area (Å²) in [5.41, 5.74) is 1.89. The summed E-state index contributed by atoms with van der Waals surface area (Å²) in [6.45, 7) is 2.10. The van der Waals surface area contributed by atoms with Gasteiger partial charge in [-0.15, -0.1) is 0 Å². The van der Waals surface area contributed by atoms with Crippen LogP contribution < -0.4 is 0 Å². The molecule has 0 bridgehead atoms. The van der Waals surface area contributed by atoms with Crippen molar-refractivity contribution < 1.29 is 4.92 Å². The van der Waals surface area contributed by atoms with Crippen LogP contribution in [0.3, 0.4) is 0 Å². The number of imidazole rings is 1. The minimum atomic E-state index is -0.366. The second-order valence-corrected chi connectivity index (χ2v) is 3.74. The number of aromatic nitrogens is 2. The molecule has 16 heavy (non-hydrogen) atoms. The van der Waals surface area contributed by atoms with Gasteiger partial charge in [0.15, 0.2) is 0 Å². The summed E-state index contributed by atoms with van der Waals surface area (Å²) in [7, 11) is 0. The molecule has 5 nitrogen and oxygen atoms in total. The summed E-state index contributed by atoms with van der Waals surface area (Å²) in [5.74, 6) is 0. The van der Waals surface area contributed by atoms with Gasteiger partial charge in [0.25, 0.3) is 5.69 Å². The molecule has 0 unspecified atom stereocenters. The molecule has 0 spiro atoms. The smallest absolute Gasteiger partial charge is 0.286 e. The predicted molar refractivity (Wildman–Crippen MR) is 60.5 cm³/mol. The van der Waals surface area contributed by atoms with Crippen molar-refractivity contribution in [2.45, 2.75) is 26.2 Å². The molecule has 0 amide bonds. The third kappa shape index (κ3) is 1.88. The predicted octanol–water partition coefficient (Wildman–Crippen LogP) is 2.59. The maximum Gasteiger partial charge on any atom is 0.286 e. The van der Waals surface area contributed by atoms with Gasteiger partial charge in [0.1, 0.15) is 5.65 Å². The largest absolute Gasteiger partial charge is 0.300 e. The van der Waals surface area contributed by atoms with Crippen molar-refractivity contribution in [3.8, 4) is 0 Å². The van der Waals surface area contributed by atoms with Gasteiger partial charge in [-0.25, -0.2) is 4.98 Å². The van der Waals surface area contributed by atoms with Crippen LogP contribution in [-0.4, -0.2) is 14.3 Å². The van der Waals surface area contributed by atoms with E-state index in [0.29, 0.717) is 0 Å². The Kier molecular flexibility index (Phi) is 2.85. The van der Waals surface area contributed by atoms with Gasteiger partial charge in [0.05, 0.1) is 11.1 Å². The molecule has 0 radical (unpaired) electrons. The fraction of sp³-hybridized carbons (Fsp3) is 0.364. The normalized spacial score (nSPS) is 10.8. The highest BCUT2D eigenvalue weighted by atomic mass is 16.6. The zero-order valence-corrected chi connectivity index (χ0v) is 9.09. The summed E-state index contributed by atoms with van der Waals surface area (Å²) in [6.07, 6.45) is 7.81. The van der Waals surface area contributed by atoms with Crippen LogP contribution in [0.1, 0.15) is 25.3 Å². The lowest BCUT2D eigenvalue weighted by atomic mass is 10.1. The summed E-state index contributed by atoms with van der Waals surface area (Å²) in [5, 5.41) is 10.8. The standard InChI is InChI=1S/C11H13N3O2/c1-2-3-4-9-7-10(14(15)16)8-13-6-5-12-11(9)13/h5-8H,2-4H2,1H3. The van der Waals surface area contributed by atoms with Crippen LogP contribution in [-0.2, 0) is 6.42 Å². The van der Waals surface area contributed by atoms with E-state index in [1.807, 2.05) is 0 Å². The highest BCUT2D eigenvalue weighted by molar-refractivity contribution is 5.52. The molecule has 84 valence electrons. The van der Waals surface area contributed by atoms with Gasteiger partial charge in [0.2, 0.25) is 0 Å². The van der Waals surface area contributed by atoms with Gasteiger partial charge in [-0.1, -0.05) is 13.3 Å². The number of aryl methyl sites for hydroxylation is 1. The van der Waals surface area contributed by atoms with Crippen LogP contribution in [0.4, 0.5) is 5.69 Å². The van der Waals surface area contributed by atoms with Crippen molar-refractivity contribution in [2.75, 3.05) is 0 Å². The monoisotopic (exact) mass is 219 g/mol. The van der Waals surface area contributed by atoms with E-state index in [1.54, 1.807) is 22.9 Å². The average molecular weight is 219 g/mol. The third-order valence-corrected chi connectivity index (χ3v) is 2.56. The topological polar surface area (TPSA) is 60.4 Å². The van der Waals surface area contributed by atoms with Crippen molar-refractivity contribution in [1.82, 2.24) is 9.38 Å². The summed E-state index contributed by atoms with van der Waals surface area (Å²) in [6, 6.07) is 1.62. The van der Waals surface area contributed by atoms with E-state index in [0.717, 1.165) is 30.5 Å². The van der Waals surface area contributed by atoms with Crippen LogP contribution in [0.2, 0.25) is 0 Å². The average Bonchev–Trinajstić information content (AvgIpc) is 2.73. The molecule has 0 saturated carbocycles. The molecule has 2 rings (SSSR count). The molecular formula is C11H13N3O2. The molecule has 0 atom stereocenters. The zero-order valence-electron chi connectivity index (χ0n) is 9.09. The first-order valence-corrected chi connectivity index (χ1v) is 5.32. The Labute approximate surface area is 92.9 Å². The minimum absolute atomic E-state index is 0.122. The lowest BCUT2D eigenvalue weighted by molar-refractivity contribution is -0.385. The first kappa shape index (κ1) is 10.6. The Balaban J connectivity index is 2.50. The molecule has 2 heterocycles. The highest BCUT2D eigenvalue weighted by Gasteiger charge is 2.11. The molecule has 0 aliphatic heterocycles. The van der Waals surface area contributed by atoms with Crippen molar-refractivity contribution in [2.24, 2.45) is 0 Å². The molecule has 0 aliphatic rings. The number of rotatable bonds is 4.